The molecule has 0 heterocycles. The predicted octanol–water partition coefficient (Wildman–Crippen LogP) is 2.73. The van der Waals surface area contributed by atoms with E-state index in [1.54, 1.807) is 13.8 Å². The maximum Gasteiger partial charge on any atom is 0.316 e. The molecule has 0 saturated heterocycles. The molecule has 0 amide bonds. The lowest BCUT2D eigenvalue weighted by atomic mass is 9.87. The molecule has 1 rings (SSSR count). The average molecular weight is 274 g/mol. The Balaban J connectivity index is 3.25. The minimum Gasteiger partial charge on any atom is -0.468 e. The summed E-state index contributed by atoms with van der Waals surface area (Å²) in [5.74, 6) is -8.23. The zero-order valence-corrected chi connectivity index (χ0v) is 10.7. The number of methoxy groups -OCH3 is 1. The molecule has 0 N–H and O–H groups in total. The molecule has 6 heteroatoms. The van der Waals surface area contributed by atoms with Crippen molar-refractivity contribution < 1.29 is 27.5 Å². The van der Waals surface area contributed by atoms with E-state index in [1.165, 1.54) is 0 Å². The van der Waals surface area contributed by atoms with Crippen LogP contribution in [-0.4, -0.2) is 18.9 Å². The van der Waals surface area contributed by atoms with Crippen LogP contribution in [0.2, 0.25) is 0 Å². The Morgan fingerprint density at radius 3 is 2.16 bits per heavy atom. The van der Waals surface area contributed by atoms with Gasteiger partial charge < -0.3 is 4.74 Å². The van der Waals surface area contributed by atoms with Crippen molar-refractivity contribution in [1.82, 2.24) is 0 Å². The summed E-state index contributed by atoms with van der Waals surface area (Å²) in [6.07, 6.45) is 0. The van der Waals surface area contributed by atoms with Gasteiger partial charge in [-0.15, -0.1) is 0 Å². The molecule has 1 unspecified atom stereocenters. The van der Waals surface area contributed by atoms with Crippen LogP contribution in [0.5, 0.6) is 0 Å². The van der Waals surface area contributed by atoms with Crippen LogP contribution in [0.1, 0.15) is 24.2 Å². The minimum atomic E-state index is -1.74. The molecule has 3 nitrogen and oxygen atoms in total. The van der Waals surface area contributed by atoms with E-state index in [4.69, 9.17) is 0 Å². The van der Waals surface area contributed by atoms with Gasteiger partial charge in [0.05, 0.1) is 12.7 Å². The van der Waals surface area contributed by atoms with Crippen LogP contribution in [0.15, 0.2) is 12.1 Å². The van der Waals surface area contributed by atoms with E-state index in [0.29, 0.717) is 6.07 Å². The van der Waals surface area contributed by atoms with Gasteiger partial charge in [0.2, 0.25) is 0 Å². The van der Waals surface area contributed by atoms with Crippen LogP contribution in [0, 0.1) is 29.3 Å². The van der Waals surface area contributed by atoms with Crippen molar-refractivity contribution in [2.24, 2.45) is 11.8 Å². The third-order valence-corrected chi connectivity index (χ3v) is 2.70. The van der Waals surface area contributed by atoms with Gasteiger partial charge in [0.15, 0.2) is 23.2 Å². The first-order valence-corrected chi connectivity index (χ1v) is 5.56. The maximum absolute atomic E-state index is 13.5. The number of Topliss-reactive ketones (excluding diaryl/α,β-unsaturated/α-hetero) is 1. The fourth-order valence-corrected chi connectivity index (χ4v) is 1.69. The molecule has 0 fully saturated rings. The highest BCUT2D eigenvalue weighted by molar-refractivity contribution is 6.08. The SMILES string of the molecule is COC(=O)C(C(=O)c1ccc(F)c(F)c1F)C(C)C. The lowest BCUT2D eigenvalue weighted by molar-refractivity contribution is -0.144. The van der Waals surface area contributed by atoms with Gasteiger partial charge in [0.1, 0.15) is 5.92 Å². The number of halogens is 3. The number of carbonyl (C=O) groups is 2. The normalized spacial score (nSPS) is 12.4. The van der Waals surface area contributed by atoms with Gasteiger partial charge in [-0.2, -0.15) is 0 Å². The first-order valence-electron chi connectivity index (χ1n) is 5.56. The average Bonchev–Trinajstić information content (AvgIpc) is 2.35. The van der Waals surface area contributed by atoms with Crippen molar-refractivity contribution in [3.8, 4) is 0 Å². The van der Waals surface area contributed by atoms with Crippen LogP contribution in [0.4, 0.5) is 13.2 Å². The van der Waals surface area contributed by atoms with Gasteiger partial charge in [-0.25, -0.2) is 13.2 Å². The molecular weight excluding hydrogens is 261 g/mol. The molecule has 1 aromatic carbocycles. The maximum atomic E-state index is 13.5. The van der Waals surface area contributed by atoms with Crippen LogP contribution >= 0.6 is 0 Å². The first-order chi connectivity index (χ1) is 8.81. The molecule has 0 aliphatic rings. The first kappa shape index (κ1) is 15.2. The van der Waals surface area contributed by atoms with E-state index in [0.717, 1.165) is 13.2 Å². The van der Waals surface area contributed by atoms with E-state index < -0.39 is 46.6 Å². The second kappa shape index (κ2) is 5.86. The molecule has 0 saturated carbocycles. The van der Waals surface area contributed by atoms with Crippen molar-refractivity contribution in [1.29, 1.82) is 0 Å². The van der Waals surface area contributed by atoms with Crippen LogP contribution in [0.3, 0.4) is 0 Å². The lowest BCUT2D eigenvalue weighted by Crippen LogP contribution is -2.30. The molecule has 1 atom stereocenters. The zero-order chi connectivity index (χ0) is 14.7. The number of ether oxygens (including phenoxy) is 1. The molecule has 0 spiro atoms. The second-order valence-electron chi connectivity index (χ2n) is 4.33. The number of carbonyl (C=O) groups excluding carboxylic acids is 2. The number of rotatable bonds is 4. The van der Waals surface area contributed by atoms with E-state index >= 15 is 0 Å². The van der Waals surface area contributed by atoms with Crippen molar-refractivity contribution in [2.45, 2.75) is 13.8 Å². The number of hydrogen-bond donors (Lipinski definition) is 0. The van der Waals surface area contributed by atoms with Gasteiger partial charge in [-0.1, -0.05) is 13.8 Å². The fourth-order valence-electron chi connectivity index (χ4n) is 1.69. The number of hydrogen-bond acceptors (Lipinski definition) is 3. The molecule has 0 bridgehead atoms. The monoisotopic (exact) mass is 274 g/mol. The minimum absolute atomic E-state index is 0.465. The Hall–Kier alpha value is -1.85. The van der Waals surface area contributed by atoms with Gasteiger partial charge in [-0.05, 0) is 18.1 Å². The Morgan fingerprint density at radius 1 is 1.11 bits per heavy atom. The third-order valence-electron chi connectivity index (χ3n) is 2.70. The molecule has 104 valence electrons. The summed E-state index contributed by atoms with van der Waals surface area (Å²) in [6.45, 7) is 3.13. The summed E-state index contributed by atoms with van der Waals surface area (Å²) in [6, 6.07) is 1.45. The van der Waals surface area contributed by atoms with Gasteiger partial charge in [0.25, 0.3) is 0 Å². The van der Waals surface area contributed by atoms with E-state index in [1.807, 2.05) is 0 Å². The molecule has 19 heavy (non-hydrogen) atoms. The predicted molar refractivity (Wildman–Crippen MR) is 61.0 cm³/mol. The smallest absolute Gasteiger partial charge is 0.316 e. The Kier molecular flexibility index (Phi) is 4.69. The number of ketones is 1. The van der Waals surface area contributed by atoms with E-state index in [-0.39, 0.29) is 0 Å². The van der Waals surface area contributed by atoms with Crippen molar-refractivity contribution in [3.63, 3.8) is 0 Å². The molecular formula is C13H13F3O3. The second-order valence-corrected chi connectivity index (χ2v) is 4.33. The highest BCUT2D eigenvalue weighted by Crippen LogP contribution is 2.23. The Bertz CT molecular complexity index is 512. The Morgan fingerprint density at radius 2 is 1.68 bits per heavy atom. The van der Waals surface area contributed by atoms with Crippen LogP contribution < -0.4 is 0 Å². The van der Waals surface area contributed by atoms with Crippen molar-refractivity contribution >= 4 is 11.8 Å². The lowest BCUT2D eigenvalue weighted by Gasteiger charge is -2.17. The Labute approximate surface area is 108 Å². The molecule has 0 radical (unpaired) electrons. The summed E-state index contributed by atoms with van der Waals surface area (Å²) >= 11 is 0. The summed E-state index contributed by atoms with van der Waals surface area (Å²) in [5, 5.41) is 0. The number of benzene rings is 1. The summed E-state index contributed by atoms with van der Waals surface area (Å²) in [4.78, 5) is 23.5. The summed E-state index contributed by atoms with van der Waals surface area (Å²) in [7, 11) is 1.09. The van der Waals surface area contributed by atoms with Gasteiger partial charge >= 0.3 is 5.97 Å². The topological polar surface area (TPSA) is 43.4 Å². The van der Waals surface area contributed by atoms with Crippen LogP contribution in [0.25, 0.3) is 0 Å². The van der Waals surface area contributed by atoms with Crippen molar-refractivity contribution in [3.05, 3.63) is 35.1 Å². The summed E-state index contributed by atoms with van der Waals surface area (Å²) in [5.41, 5.74) is -0.664. The summed E-state index contributed by atoms with van der Waals surface area (Å²) < 4.78 is 43.8. The highest BCUT2D eigenvalue weighted by Gasteiger charge is 2.34. The van der Waals surface area contributed by atoms with E-state index in [9.17, 15) is 22.8 Å². The molecule has 1 aromatic rings. The van der Waals surface area contributed by atoms with Gasteiger partial charge in [-0.3, -0.25) is 9.59 Å². The van der Waals surface area contributed by atoms with Crippen LogP contribution in [-0.2, 0) is 9.53 Å². The van der Waals surface area contributed by atoms with Gasteiger partial charge in [0, 0.05) is 0 Å². The molecule has 0 aromatic heterocycles. The largest absolute Gasteiger partial charge is 0.468 e. The van der Waals surface area contributed by atoms with E-state index in [2.05, 4.69) is 4.74 Å². The third kappa shape index (κ3) is 2.94. The quantitative estimate of drug-likeness (QED) is 0.367. The van der Waals surface area contributed by atoms with Crippen molar-refractivity contribution in [2.75, 3.05) is 7.11 Å². The fraction of sp³-hybridized carbons (Fsp3) is 0.385. The number of esters is 1. The molecule has 0 aliphatic carbocycles. The molecule has 0 aliphatic heterocycles. The standard InChI is InChI=1S/C13H13F3O3/c1-6(2)9(13(18)19-3)12(17)7-4-5-8(14)11(16)10(7)15/h4-6,9H,1-3H3. The zero-order valence-electron chi connectivity index (χ0n) is 10.7. The highest BCUT2D eigenvalue weighted by atomic mass is 19.2.